The predicted octanol–water partition coefficient (Wildman–Crippen LogP) is 5.01. The van der Waals surface area contributed by atoms with Crippen LogP contribution in [0, 0.1) is 11.3 Å². The van der Waals surface area contributed by atoms with Gasteiger partial charge in [-0.2, -0.15) is 5.10 Å². The Kier molecular flexibility index (Phi) is 9.18. The number of ketones is 1. The molecule has 1 fully saturated rings. The average molecular weight is 579 g/mol. The number of para-hydroxylation sites is 1. The van der Waals surface area contributed by atoms with E-state index in [1.165, 1.54) is 22.0 Å². The second-order valence-electron chi connectivity index (χ2n) is 13.0. The fourth-order valence-corrected chi connectivity index (χ4v) is 5.06. The van der Waals surface area contributed by atoms with E-state index in [0.29, 0.717) is 5.69 Å². The second-order valence-corrected chi connectivity index (χ2v) is 13.0. The lowest BCUT2D eigenvalue weighted by molar-refractivity contribution is -0.155. The topological polar surface area (TPSA) is 126 Å². The lowest BCUT2D eigenvalue weighted by Crippen LogP contribution is -2.47. The van der Waals surface area contributed by atoms with Crippen molar-refractivity contribution < 1.29 is 23.9 Å². The Labute approximate surface area is 247 Å². The minimum Gasteiger partial charge on any atom is -0.459 e. The number of benzene rings is 1. The summed E-state index contributed by atoms with van der Waals surface area (Å²) < 4.78 is 6.85. The molecular formula is C31H42N6O5. The molecule has 2 aromatic rings. The molecule has 11 nitrogen and oxygen atoms in total. The molecule has 4 rings (SSSR count). The summed E-state index contributed by atoms with van der Waals surface area (Å²) in [5.74, 6) is -0.676. The van der Waals surface area contributed by atoms with Crippen LogP contribution in [-0.4, -0.2) is 62.7 Å². The van der Waals surface area contributed by atoms with Crippen molar-refractivity contribution in [3.63, 3.8) is 0 Å². The highest BCUT2D eigenvalue weighted by molar-refractivity contribution is 6.13. The number of nitrogens with zero attached hydrogens (tertiary/aromatic N) is 5. The Morgan fingerprint density at radius 3 is 2.33 bits per heavy atom. The largest absolute Gasteiger partial charge is 0.459 e. The van der Waals surface area contributed by atoms with Gasteiger partial charge >= 0.3 is 12.0 Å². The molecule has 1 N–H and O–H groups in total. The van der Waals surface area contributed by atoms with Crippen LogP contribution in [0.1, 0.15) is 79.2 Å². The monoisotopic (exact) mass is 578 g/mol. The molecule has 11 heteroatoms. The molecular weight excluding hydrogens is 536 g/mol. The maximum absolute atomic E-state index is 14.0. The number of esters is 1. The summed E-state index contributed by atoms with van der Waals surface area (Å²) in [5.41, 5.74) is 0.918. The summed E-state index contributed by atoms with van der Waals surface area (Å²) >= 11 is 0. The van der Waals surface area contributed by atoms with Gasteiger partial charge in [-0.05, 0) is 39.7 Å². The Bertz CT molecular complexity index is 1360. The lowest BCUT2D eigenvalue weighted by atomic mass is 9.83. The first-order chi connectivity index (χ1) is 19.7. The molecule has 1 aromatic carbocycles. The van der Waals surface area contributed by atoms with Gasteiger partial charge in [-0.1, -0.05) is 58.2 Å². The van der Waals surface area contributed by atoms with Crippen molar-refractivity contribution in [2.45, 2.75) is 85.8 Å². The number of nitrogens with one attached hydrogen (secondary N) is 1. The van der Waals surface area contributed by atoms with Gasteiger partial charge < -0.3 is 14.6 Å². The van der Waals surface area contributed by atoms with E-state index in [9.17, 15) is 19.2 Å². The third-order valence-electron chi connectivity index (χ3n) is 7.21. The van der Waals surface area contributed by atoms with Crippen molar-refractivity contribution in [3.8, 4) is 0 Å². The molecule has 42 heavy (non-hydrogen) atoms. The number of hydrazone groups is 1. The van der Waals surface area contributed by atoms with E-state index in [2.05, 4.69) is 10.3 Å². The number of hydrogen-bond acceptors (Lipinski definition) is 7. The molecule has 1 saturated carbocycles. The molecule has 1 aliphatic heterocycles. The summed E-state index contributed by atoms with van der Waals surface area (Å²) in [4.78, 5) is 58.1. The number of rotatable bonds is 8. The zero-order valence-corrected chi connectivity index (χ0v) is 25.5. The highest BCUT2D eigenvalue weighted by Crippen LogP contribution is 2.34. The van der Waals surface area contributed by atoms with Gasteiger partial charge in [-0.3, -0.25) is 19.3 Å². The normalized spacial score (nSPS) is 16.4. The minimum absolute atomic E-state index is 0.0607. The first-order valence-corrected chi connectivity index (χ1v) is 14.5. The van der Waals surface area contributed by atoms with Gasteiger partial charge in [0.1, 0.15) is 18.7 Å². The number of amides is 3. The number of carbonyl (C=O) groups is 4. The zero-order valence-electron chi connectivity index (χ0n) is 25.5. The first-order valence-electron chi connectivity index (χ1n) is 14.5. The molecule has 0 spiro atoms. The van der Waals surface area contributed by atoms with Crippen molar-refractivity contribution in [2.24, 2.45) is 16.4 Å². The maximum atomic E-state index is 14.0. The van der Waals surface area contributed by atoms with Crippen LogP contribution in [0.15, 0.2) is 41.9 Å². The van der Waals surface area contributed by atoms with Crippen molar-refractivity contribution >= 4 is 40.9 Å². The van der Waals surface area contributed by atoms with E-state index in [1.54, 1.807) is 20.8 Å². The van der Waals surface area contributed by atoms with Crippen molar-refractivity contribution in [1.29, 1.82) is 0 Å². The summed E-state index contributed by atoms with van der Waals surface area (Å²) in [6, 6.07) is 6.97. The summed E-state index contributed by atoms with van der Waals surface area (Å²) in [6.45, 7) is 10.2. The highest BCUT2D eigenvalue weighted by Gasteiger charge is 2.36. The summed E-state index contributed by atoms with van der Waals surface area (Å²) in [6.07, 6.45) is 8.12. The molecule has 0 unspecified atom stereocenters. The molecule has 1 aromatic heterocycles. The Hall–Kier alpha value is -4.02. The Balaban J connectivity index is 1.58. The molecule has 0 atom stereocenters. The lowest BCUT2D eigenvalue weighted by Gasteiger charge is -2.28. The standard InChI is InChI=1S/C31H42N6O5/c1-30(2,3)24(38)16-36-23-15-11-10-14-22(23)28(21-12-8-7-9-13-21)34-37(29(36)41)18-26(39)33-25-17-35(20-32-25)19-27(40)42-31(4,5)6/h10-11,14-15,17,20-21H,7-9,12-13,16,18-19H2,1-6H3,(H,33,39). The first kappa shape index (κ1) is 30.9. The molecule has 0 saturated heterocycles. The maximum Gasteiger partial charge on any atom is 0.345 e. The van der Waals surface area contributed by atoms with Crippen molar-refractivity contribution in [1.82, 2.24) is 14.6 Å². The van der Waals surface area contributed by atoms with Crippen LogP contribution in [-0.2, 0) is 25.7 Å². The van der Waals surface area contributed by atoms with Crippen LogP contribution in [0.4, 0.5) is 16.3 Å². The fourth-order valence-electron chi connectivity index (χ4n) is 5.06. The van der Waals surface area contributed by atoms with Gasteiger partial charge in [0.2, 0.25) is 5.91 Å². The molecule has 2 aliphatic rings. The average Bonchev–Trinajstić information content (AvgIpc) is 3.29. The predicted molar refractivity (Wildman–Crippen MR) is 160 cm³/mol. The van der Waals surface area contributed by atoms with E-state index in [4.69, 9.17) is 9.84 Å². The number of hydrogen-bond donors (Lipinski definition) is 1. The van der Waals surface area contributed by atoms with Crippen LogP contribution in [0.3, 0.4) is 0 Å². The molecule has 0 bridgehead atoms. The van der Waals surface area contributed by atoms with E-state index in [-0.39, 0.29) is 37.2 Å². The van der Waals surface area contributed by atoms with Crippen molar-refractivity contribution in [3.05, 3.63) is 42.4 Å². The molecule has 2 heterocycles. The number of ether oxygens (including phenoxy) is 1. The van der Waals surface area contributed by atoms with Crippen molar-refractivity contribution in [2.75, 3.05) is 23.3 Å². The third-order valence-corrected chi connectivity index (χ3v) is 7.21. The van der Waals surface area contributed by atoms with Gasteiger partial charge in [-0.25, -0.2) is 14.8 Å². The van der Waals surface area contributed by atoms with Crippen LogP contribution < -0.4 is 10.2 Å². The van der Waals surface area contributed by atoms with Crippen LogP contribution in [0.5, 0.6) is 0 Å². The third kappa shape index (κ3) is 7.83. The molecule has 0 radical (unpaired) electrons. The SMILES string of the molecule is CC(C)(C)OC(=O)Cn1cnc(NC(=O)CN2N=C(C3CCCCC3)c3ccccc3N(CC(=O)C(C)(C)C)C2=O)c1. The van der Waals surface area contributed by atoms with Gasteiger partial charge in [-0.15, -0.1) is 0 Å². The number of Topliss-reactive ketones (excluding diaryl/α,β-unsaturated/α-hetero) is 1. The number of carbonyl (C=O) groups excluding carboxylic acids is 4. The van der Waals surface area contributed by atoms with Crippen LogP contribution in [0.2, 0.25) is 0 Å². The Morgan fingerprint density at radius 2 is 1.67 bits per heavy atom. The van der Waals surface area contributed by atoms with E-state index >= 15 is 0 Å². The molecule has 226 valence electrons. The van der Waals surface area contributed by atoms with Crippen LogP contribution >= 0.6 is 0 Å². The molecule has 1 aliphatic carbocycles. The number of urea groups is 1. The van der Waals surface area contributed by atoms with Crippen LogP contribution in [0.25, 0.3) is 0 Å². The quantitative estimate of drug-likeness (QED) is 0.439. The van der Waals surface area contributed by atoms with Gasteiger partial charge in [0.15, 0.2) is 11.6 Å². The minimum atomic E-state index is -0.658. The zero-order chi connectivity index (χ0) is 30.7. The highest BCUT2D eigenvalue weighted by atomic mass is 16.6. The Morgan fingerprint density at radius 1 is 0.976 bits per heavy atom. The molecule has 3 amide bonds. The smallest absolute Gasteiger partial charge is 0.345 e. The number of fused-ring (bicyclic) bond motifs is 1. The van der Waals surface area contributed by atoms with Gasteiger partial charge in [0, 0.05) is 23.1 Å². The second kappa shape index (κ2) is 12.5. The summed E-state index contributed by atoms with van der Waals surface area (Å²) in [5, 5.41) is 8.66. The van der Waals surface area contributed by atoms with E-state index in [1.807, 2.05) is 45.0 Å². The van der Waals surface area contributed by atoms with E-state index in [0.717, 1.165) is 48.4 Å². The van der Waals surface area contributed by atoms with Gasteiger partial charge in [0.05, 0.1) is 24.3 Å². The van der Waals surface area contributed by atoms with E-state index < -0.39 is 28.9 Å². The number of imidazole rings is 1. The fraction of sp³-hybridized carbons (Fsp3) is 0.548. The van der Waals surface area contributed by atoms with Gasteiger partial charge in [0.25, 0.3) is 0 Å². The number of aromatic nitrogens is 2. The number of anilines is 2. The summed E-state index contributed by atoms with van der Waals surface area (Å²) in [7, 11) is 0.